The third kappa shape index (κ3) is 3.45. The Bertz CT molecular complexity index is 944. The quantitative estimate of drug-likeness (QED) is 0.640. The molecule has 2 heterocycles. The molecule has 6 nitrogen and oxygen atoms in total. The van der Waals surface area contributed by atoms with Gasteiger partial charge in [0.05, 0.1) is 19.7 Å². The molecule has 0 unspecified atom stereocenters. The maximum Gasteiger partial charge on any atom is 0.224 e. The number of aromatic nitrogens is 2. The SMILES string of the molecule is COc1cc2nc(Cl)nc(N3CCN(c4ccccc4)CC3)c2cc1OC. The van der Waals surface area contributed by atoms with E-state index in [1.54, 1.807) is 14.2 Å². The predicted octanol–water partition coefficient (Wildman–Crippen LogP) is 3.63. The van der Waals surface area contributed by atoms with Gasteiger partial charge in [-0.05, 0) is 29.8 Å². The second kappa shape index (κ2) is 7.48. The fourth-order valence-corrected chi connectivity index (χ4v) is 3.64. The van der Waals surface area contributed by atoms with Crippen LogP contribution in [0.3, 0.4) is 0 Å². The molecule has 27 heavy (non-hydrogen) atoms. The molecule has 0 aliphatic carbocycles. The van der Waals surface area contributed by atoms with E-state index in [9.17, 15) is 0 Å². The predicted molar refractivity (Wildman–Crippen MR) is 109 cm³/mol. The number of hydrogen-bond acceptors (Lipinski definition) is 6. The summed E-state index contributed by atoms with van der Waals surface area (Å²) in [6.45, 7) is 3.54. The number of anilines is 2. The largest absolute Gasteiger partial charge is 0.493 e. The highest BCUT2D eigenvalue weighted by atomic mass is 35.5. The van der Waals surface area contributed by atoms with Crippen molar-refractivity contribution >= 4 is 34.0 Å². The molecule has 0 bridgehead atoms. The van der Waals surface area contributed by atoms with E-state index >= 15 is 0 Å². The molecular weight excluding hydrogens is 364 g/mol. The Kier molecular flexibility index (Phi) is 4.90. The van der Waals surface area contributed by atoms with Crippen molar-refractivity contribution in [2.45, 2.75) is 0 Å². The summed E-state index contributed by atoms with van der Waals surface area (Å²) in [5.74, 6) is 2.11. The van der Waals surface area contributed by atoms with Gasteiger partial charge in [0.2, 0.25) is 5.28 Å². The highest BCUT2D eigenvalue weighted by Gasteiger charge is 2.22. The van der Waals surface area contributed by atoms with Crippen molar-refractivity contribution in [1.29, 1.82) is 0 Å². The molecule has 1 aliphatic heterocycles. The highest BCUT2D eigenvalue weighted by molar-refractivity contribution is 6.28. The third-order valence-corrected chi connectivity index (χ3v) is 5.02. The number of fused-ring (bicyclic) bond motifs is 1. The summed E-state index contributed by atoms with van der Waals surface area (Å²) in [4.78, 5) is 13.5. The van der Waals surface area contributed by atoms with Crippen LogP contribution >= 0.6 is 11.6 Å². The van der Waals surface area contributed by atoms with Gasteiger partial charge in [0.25, 0.3) is 0 Å². The van der Waals surface area contributed by atoms with Gasteiger partial charge in [-0.25, -0.2) is 4.98 Å². The van der Waals surface area contributed by atoms with Gasteiger partial charge < -0.3 is 19.3 Å². The first-order valence-corrected chi connectivity index (χ1v) is 9.21. The molecule has 3 aromatic rings. The van der Waals surface area contributed by atoms with Crippen molar-refractivity contribution < 1.29 is 9.47 Å². The summed E-state index contributed by atoms with van der Waals surface area (Å²) in [6.07, 6.45) is 0. The van der Waals surface area contributed by atoms with Gasteiger partial charge in [0.1, 0.15) is 5.82 Å². The topological polar surface area (TPSA) is 50.7 Å². The molecule has 0 N–H and O–H groups in total. The standard InChI is InChI=1S/C20H21ClN4O2/c1-26-17-12-15-16(13-18(17)27-2)22-20(21)23-19(15)25-10-8-24(9-11-25)14-6-4-3-5-7-14/h3-7,12-13H,8-11H2,1-2H3. The van der Waals surface area contributed by atoms with Crippen molar-refractivity contribution in [2.75, 3.05) is 50.2 Å². The number of methoxy groups -OCH3 is 2. The van der Waals surface area contributed by atoms with Crippen LogP contribution in [0.1, 0.15) is 0 Å². The van der Waals surface area contributed by atoms with Gasteiger partial charge in [-0.3, -0.25) is 0 Å². The molecule has 0 atom stereocenters. The molecule has 1 saturated heterocycles. The number of nitrogens with zero attached hydrogens (tertiary/aromatic N) is 4. The molecule has 2 aromatic carbocycles. The minimum absolute atomic E-state index is 0.232. The first-order chi connectivity index (χ1) is 13.2. The van der Waals surface area contributed by atoms with Gasteiger partial charge in [0, 0.05) is 43.3 Å². The fraction of sp³-hybridized carbons (Fsp3) is 0.300. The Morgan fingerprint density at radius 2 is 1.48 bits per heavy atom. The smallest absolute Gasteiger partial charge is 0.224 e. The summed E-state index contributed by atoms with van der Waals surface area (Å²) in [5.41, 5.74) is 1.99. The van der Waals surface area contributed by atoms with Crippen LogP contribution < -0.4 is 19.3 Å². The lowest BCUT2D eigenvalue weighted by molar-refractivity contribution is 0.356. The first-order valence-electron chi connectivity index (χ1n) is 8.84. The molecule has 1 aliphatic rings. The lowest BCUT2D eigenvalue weighted by Crippen LogP contribution is -2.47. The molecule has 7 heteroatoms. The zero-order valence-electron chi connectivity index (χ0n) is 15.4. The van der Waals surface area contributed by atoms with Crippen LogP contribution in [-0.4, -0.2) is 50.4 Å². The maximum atomic E-state index is 6.21. The molecule has 140 valence electrons. The number of rotatable bonds is 4. The Labute approximate surface area is 163 Å². The van der Waals surface area contributed by atoms with E-state index in [-0.39, 0.29) is 5.28 Å². The molecule has 0 amide bonds. The van der Waals surface area contributed by atoms with E-state index in [0.717, 1.165) is 42.9 Å². The Morgan fingerprint density at radius 1 is 0.852 bits per heavy atom. The fourth-order valence-electron chi connectivity index (χ4n) is 3.47. The van der Waals surface area contributed by atoms with Crippen molar-refractivity contribution in [3.8, 4) is 11.5 Å². The number of halogens is 1. The minimum Gasteiger partial charge on any atom is -0.493 e. The maximum absolute atomic E-state index is 6.21. The zero-order chi connectivity index (χ0) is 18.8. The van der Waals surface area contributed by atoms with E-state index in [2.05, 4.69) is 44.0 Å². The number of para-hydroxylation sites is 1. The summed E-state index contributed by atoms with van der Waals surface area (Å²) >= 11 is 6.21. The van der Waals surface area contributed by atoms with E-state index in [1.165, 1.54) is 5.69 Å². The number of hydrogen-bond donors (Lipinski definition) is 0. The zero-order valence-corrected chi connectivity index (χ0v) is 16.1. The summed E-state index contributed by atoms with van der Waals surface area (Å²) in [5, 5.41) is 1.14. The second-order valence-electron chi connectivity index (χ2n) is 6.35. The van der Waals surface area contributed by atoms with E-state index in [0.29, 0.717) is 11.5 Å². The highest BCUT2D eigenvalue weighted by Crippen LogP contribution is 2.36. The first kappa shape index (κ1) is 17.7. The van der Waals surface area contributed by atoms with Gasteiger partial charge in [0.15, 0.2) is 11.5 Å². The normalized spacial score (nSPS) is 14.5. The Balaban J connectivity index is 1.65. The number of benzene rings is 2. The number of ether oxygens (including phenoxy) is 2. The van der Waals surface area contributed by atoms with Crippen LogP contribution in [0.25, 0.3) is 10.9 Å². The lowest BCUT2D eigenvalue weighted by atomic mass is 10.1. The van der Waals surface area contributed by atoms with Crippen molar-refractivity contribution in [1.82, 2.24) is 9.97 Å². The molecule has 0 radical (unpaired) electrons. The van der Waals surface area contributed by atoms with Crippen LogP contribution in [0.5, 0.6) is 11.5 Å². The van der Waals surface area contributed by atoms with E-state index in [4.69, 9.17) is 21.1 Å². The lowest BCUT2D eigenvalue weighted by Gasteiger charge is -2.37. The van der Waals surface area contributed by atoms with Gasteiger partial charge in [-0.15, -0.1) is 0 Å². The molecule has 0 saturated carbocycles. The van der Waals surface area contributed by atoms with Gasteiger partial charge >= 0.3 is 0 Å². The van der Waals surface area contributed by atoms with Crippen LogP contribution in [0.15, 0.2) is 42.5 Å². The van der Waals surface area contributed by atoms with Crippen molar-refractivity contribution in [3.63, 3.8) is 0 Å². The molecular formula is C20H21ClN4O2. The summed E-state index contributed by atoms with van der Waals surface area (Å²) < 4.78 is 10.8. The van der Waals surface area contributed by atoms with Crippen LogP contribution in [-0.2, 0) is 0 Å². The van der Waals surface area contributed by atoms with Gasteiger partial charge in [-0.1, -0.05) is 18.2 Å². The van der Waals surface area contributed by atoms with Crippen molar-refractivity contribution in [3.05, 3.63) is 47.7 Å². The average Bonchev–Trinajstić information content (AvgIpc) is 2.73. The van der Waals surface area contributed by atoms with Crippen LogP contribution in [0.2, 0.25) is 5.28 Å². The molecule has 4 rings (SSSR count). The van der Waals surface area contributed by atoms with E-state index in [1.807, 2.05) is 18.2 Å². The molecule has 0 spiro atoms. The van der Waals surface area contributed by atoms with E-state index < -0.39 is 0 Å². The van der Waals surface area contributed by atoms with Gasteiger partial charge in [-0.2, -0.15) is 4.98 Å². The Hall–Kier alpha value is -2.73. The minimum atomic E-state index is 0.232. The van der Waals surface area contributed by atoms with Crippen LogP contribution in [0.4, 0.5) is 11.5 Å². The third-order valence-electron chi connectivity index (χ3n) is 4.85. The summed E-state index contributed by atoms with van der Waals surface area (Å²) in [6, 6.07) is 14.2. The molecule has 1 fully saturated rings. The van der Waals surface area contributed by atoms with Crippen LogP contribution in [0, 0.1) is 0 Å². The molecule has 1 aromatic heterocycles. The second-order valence-corrected chi connectivity index (χ2v) is 6.69. The number of piperazine rings is 1. The average molecular weight is 385 g/mol. The summed E-state index contributed by atoms with van der Waals surface area (Å²) in [7, 11) is 3.23. The monoisotopic (exact) mass is 384 g/mol. The van der Waals surface area contributed by atoms with Crippen molar-refractivity contribution in [2.24, 2.45) is 0 Å². The Morgan fingerprint density at radius 3 is 2.15 bits per heavy atom.